The number of nitrogens with one attached hydrogen (secondary N) is 3. The molecule has 32 heavy (non-hydrogen) atoms. The predicted octanol–water partition coefficient (Wildman–Crippen LogP) is 3.09. The summed E-state index contributed by atoms with van der Waals surface area (Å²) in [5, 5.41) is 10.7. The van der Waals surface area contributed by atoms with Gasteiger partial charge in [-0.15, -0.1) is 22.7 Å². The molecule has 170 valence electrons. The lowest BCUT2D eigenvalue weighted by Crippen LogP contribution is -2.48. The van der Waals surface area contributed by atoms with Gasteiger partial charge < -0.3 is 16.0 Å². The first-order valence-electron chi connectivity index (χ1n) is 10.6. The molecule has 1 aliphatic heterocycles. The van der Waals surface area contributed by atoms with Crippen LogP contribution in [-0.4, -0.2) is 45.7 Å². The molecule has 0 radical (unpaired) electrons. The second-order valence-electron chi connectivity index (χ2n) is 8.04. The lowest BCUT2D eigenvalue weighted by atomic mass is 9.82. The zero-order chi connectivity index (χ0) is 22.7. The van der Waals surface area contributed by atoms with E-state index in [0.717, 1.165) is 34.7 Å². The van der Waals surface area contributed by atoms with Gasteiger partial charge in [-0.3, -0.25) is 19.3 Å². The molecule has 4 rings (SSSR count). The van der Waals surface area contributed by atoms with Crippen LogP contribution < -0.4 is 16.0 Å². The number of aromatic nitrogens is 1. The zero-order valence-electron chi connectivity index (χ0n) is 17.7. The quantitative estimate of drug-likeness (QED) is 0.532. The number of thiazole rings is 1. The van der Waals surface area contributed by atoms with Crippen molar-refractivity contribution in [3.8, 4) is 10.6 Å². The summed E-state index contributed by atoms with van der Waals surface area (Å²) in [6.07, 6.45) is 4.27. The van der Waals surface area contributed by atoms with Crippen molar-refractivity contribution in [3.05, 3.63) is 22.4 Å². The minimum atomic E-state index is -0.768. The van der Waals surface area contributed by atoms with Crippen molar-refractivity contribution in [1.29, 1.82) is 0 Å². The number of carbonyl (C=O) groups is 4. The van der Waals surface area contributed by atoms with Gasteiger partial charge in [-0.1, -0.05) is 19.3 Å². The van der Waals surface area contributed by atoms with Crippen LogP contribution in [0.15, 0.2) is 17.5 Å². The van der Waals surface area contributed by atoms with Crippen molar-refractivity contribution in [1.82, 2.24) is 20.5 Å². The maximum absolute atomic E-state index is 12.8. The molecule has 0 bridgehead atoms. The van der Waals surface area contributed by atoms with Gasteiger partial charge in [0, 0.05) is 30.1 Å². The number of nitrogens with zero attached hydrogens (tertiary/aromatic N) is 2. The van der Waals surface area contributed by atoms with Crippen molar-refractivity contribution in [2.75, 3.05) is 11.9 Å². The lowest BCUT2D eigenvalue weighted by molar-refractivity contribution is -0.132. The van der Waals surface area contributed by atoms with E-state index in [2.05, 4.69) is 20.9 Å². The zero-order valence-corrected chi connectivity index (χ0v) is 19.4. The molecule has 2 aliphatic rings. The average molecular weight is 476 g/mol. The molecule has 0 atom stereocenters. The van der Waals surface area contributed by atoms with Gasteiger partial charge in [0.25, 0.3) is 5.91 Å². The molecule has 1 saturated carbocycles. The fourth-order valence-corrected chi connectivity index (χ4v) is 5.74. The van der Waals surface area contributed by atoms with Crippen LogP contribution in [0.4, 0.5) is 9.93 Å². The molecule has 2 aromatic heterocycles. The van der Waals surface area contributed by atoms with Crippen molar-refractivity contribution in [2.24, 2.45) is 0 Å². The molecule has 2 fully saturated rings. The van der Waals surface area contributed by atoms with Crippen LogP contribution in [0.3, 0.4) is 0 Å². The molecule has 1 aliphatic carbocycles. The van der Waals surface area contributed by atoms with Gasteiger partial charge in [-0.25, -0.2) is 9.78 Å². The summed E-state index contributed by atoms with van der Waals surface area (Å²) < 4.78 is 0. The molecule has 3 heterocycles. The third kappa shape index (κ3) is 4.83. The van der Waals surface area contributed by atoms with E-state index in [0.29, 0.717) is 24.5 Å². The Morgan fingerprint density at radius 2 is 2.00 bits per heavy atom. The highest BCUT2D eigenvalue weighted by Gasteiger charge is 2.51. The molecule has 2 aromatic rings. The van der Waals surface area contributed by atoms with E-state index in [1.165, 1.54) is 34.5 Å². The van der Waals surface area contributed by atoms with Gasteiger partial charge in [0.05, 0.1) is 17.1 Å². The van der Waals surface area contributed by atoms with E-state index in [-0.39, 0.29) is 30.7 Å². The Hall–Kier alpha value is -2.79. The summed E-state index contributed by atoms with van der Waals surface area (Å²) in [4.78, 5) is 56.1. The molecule has 0 unspecified atom stereocenters. The Balaban J connectivity index is 1.30. The van der Waals surface area contributed by atoms with Crippen LogP contribution in [0, 0.1) is 0 Å². The van der Waals surface area contributed by atoms with Gasteiger partial charge in [0.15, 0.2) is 5.13 Å². The predicted molar refractivity (Wildman–Crippen MR) is 122 cm³/mol. The van der Waals surface area contributed by atoms with Crippen LogP contribution in [-0.2, 0) is 20.9 Å². The van der Waals surface area contributed by atoms with E-state index >= 15 is 0 Å². The minimum absolute atomic E-state index is 0.0179. The molecule has 1 saturated heterocycles. The summed E-state index contributed by atoms with van der Waals surface area (Å²) in [6, 6.07) is 3.46. The fraction of sp³-hybridized carbons (Fsp3) is 0.476. The van der Waals surface area contributed by atoms with Crippen molar-refractivity contribution in [3.63, 3.8) is 0 Å². The van der Waals surface area contributed by atoms with Gasteiger partial charge in [0.1, 0.15) is 5.54 Å². The standard InChI is InChI=1S/C21H25N5O4S2/c1-13(27)22-11-14-5-6-16(32-14)15-12-31-19(23-15)24-17(28)7-10-26-18(29)21(25-20(26)30)8-3-2-4-9-21/h5-6,12H,2-4,7-11H2,1H3,(H,22,27)(H,25,30)(H,23,24,28). The second kappa shape index (κ2) is 9.37. The normalized spacial score (nSPS) is 17.5. The Bertz CT molecular complexity index is 1040. The fourth-order valence-electron chi connectivity index (χ4n) is 4.04. The summed E-state index contributed by atoms with van der Waals surface area (Å²) >= 11 is 2.84. The number of amides is 5. The van der Waals surface area contributed by atoms with Gasteiger partial charge >= 0.3 is 6.03 Å². The number of hydrogen-bond donors (Lipinski definition) is 3. The van der Waals surface area contributed by atoms with E-state index in [1.54, 1.807) is 0 Å². The molecule has 0 aromatic carbocycles. The molecule has 1 spiro atoms. The SMILES string of the molecule is CC(=O)NCc1ccc(-c2csc(NC(=O)CCN3C(=O)NC4(CCCCC4)C3=O)n2)s1. The largest absolute Gasteiger partial charge is 0.351 e. The highest BCUT2D eigenvalue weighted by molar-refractivity contribution is 7.17. The molecule has 11 heteroatoms. The van der Waals surface area contributed by atoms with Crippen LogP contribution in [0.1, 0.15) is 50.3 Å². The second-order valence-corrected chi connectivity index (χ2v) is 10.1. The topological polar surface area (TPSA) is 121 Å². The third-order valence-corrected chi connectivity index (χ3v) is 7.56. The highest BCUT2D eigenvalue weighted by Crippen LogP contribution is 2.34. The number of hydrogen-bond acceptors (Lipinski definition) is 7. The van der Waals surface area contributed by atoms with E-state index in [9.17, 15) is 19.2 Å². The van der Waals surface area contributed by atoms with E-state index < -0.39 is 11.6 Å². The Kier molecular flexibility index (Phi) is 6.56. The number of imide groups is 1. The third-order valence-electron chi connectivity index (χ3n) is 5.69. The number of thiophene rings is 1. The van der Waals surface area contributed by atoms with Crippen molar-refractivity contribution < 1.29 is 19.2 Å². The molecule has 3 N–H and O–H groups in total. The van der Waals surface area contributed by atoms with E-state index in [4.69, 9.17) is 0 Å². The first-order chi connectivity index (χ1) is 15.4. The average Bonchev–Trinajstić information content (AvgIpc) is 3.46. The minimum Gasteiger partial charge on any atom is -0.351 e. The Morgan fingerprint density at radius 1 is 1.22 bits per heavy atom. The van der Waals surface area contributed by atoms with Gasteiger partial charge in [-0.05, 0) is 25.0 Å². The summed E-state index contributed by atoms with van der Waals surface area (Å²) in [6.45, 7) is 2.00. The summed E-state index contributed by atoms with van der Waals surface area (Å²) in [7, 11) is 0. The van der Waals surface area contributed by atoms with Gasteiger partial charge in [-0.2, -0.15) is 0 Å². The van der Waals surface area contributed by atoms with Crippen LogP contribution >= 0.6 is 22.7 Å². The summed E-state index contributed by atoms with van der Waals surface area (Å²) in [5.41, 5.74) is -0.0205. The number of carbonyl (C=O) groups excluding carboxylic acids is 4. The maximum Gasteiger partial charge on any atom is 0.325 e. The van der Waals surface area contributed by atoms with Gasteiger partial charge in [0.2, 0.25) is 11.8 Å². The van der Waals surface area contributed by atoms with Crippen LogP contribution in [0.2, 0.25) is 0 Å². The molecule has 5 amide bonds. The number of anilines is 1. The number of rotatable bonds is 7. The smallest absolute Gasteiger partial charge is 0.325 e. The Labute approximate surface area is 193 Å². The van der Waals surface area contributed by atoms with Crippen LogP contribution in [0.5, 0.6) is 0 Å². The van der Waals surface area contributed by atoms with Crippen molar-refractivity contribution in [2.45, 2.75) is 57.5 Å². The first kappa shape index (κ1) is 22.4. The monoisotopic (exact) mass is 475 g/mol. The summed E-state index contributed by atoms with van der Waals surface area (Å²) in [5.74, 6) is -0.589. The van der Waals surface area contributed by atoms with E-state index in [1.807, 2.05) is 17.5 Å². The molecular formula is C21H25N5O4S2. The molecular weight excluding hydrogens is 450 g/mol. The van der Waals surface area contributed by atoms with Crippen LogP contribution in [0.25, 0.3) is 10.6 Å². The highest BCUT2D eigenvalue weighted by atomic mass is 32.1. The first-order valence-corrected chi connectivity index (χ1v) is 12.3. The maximum atomic E-state index is 12.8. The Morgan fingerprint density at radius 3 is 2.75 bits per heavy atom. The number of urea groups is 1. The molecule has 9 nitrogen and oxygen atoms in total. The van der Waals surface area contributed by atoms with Crippen molar-refractivity contribution >= 4 is 51.6 Å². The lowest BCUT2D eigenvalue weighted by Gasteiger charge is -2.30.